The summed E-state index contributed by atoms with van der Waals surface area (Å²) in [6, 6.07) is 24.3. The lowest BCUT2D eigenvalue weighted by molar-refractivity contribution is -0.140. The second kappa shape index (κ2) is 16.7. The first-order valence-corrected chi connectivity index (χ1v) is 18.3. The van der Waals surface area contributed by atoms with Crippen molar-refractivity contribution in [3.05, 3.63) is 122 Å². The number of sulfonamides is 1. The van der Waals surface area contributed by atoms with Gasteiger partial charge in [0.05, 0.1) is 22.2 Å². The van der Waals surface area contributed by atoms with E-state index in [-0.39, 0.29) is 35.5 Å². The summed E-state index contributed by atoms with van der Waals surface area (Å²) in [5.74, 6) is -0.553. The average Bonchev–Trinajstić information content (AvgIpc) is 3.07. The SMILES string of the molecule is CC[C@H](C)NC(=O)[C@H](Cc1ccccc1)N(Cc1c(Cl)cccc1Cl)C(=O)CN(c1ccc(C)cc1)S(=O)(=O)c1ccc(OC)c(Br)c1. The molecule has 2 atom stereocenters. The predicted octanol–water partition coefficient (Wildman–Crippen LogP) is 7.82. The molecule has 0 bridgehead atoms. The molecule has 254 valence electrons. The van der Waals surface area contributed by atoms with E-state index in [1.165, 1.54) is 30.2 Å². The maximum Gasteiger partial charge on any atom is 0.264 e. The van der Waals surface area contributed by atoms with Crippen molar-refractivity contribution in [3.8, 4) is 5.75 Å². The lowest BCUT2D eigenvalue weighted by Gasteiger charge is -2.34. The van der Waals surface area contributed by atoms with Crippen LogP contribution < -0.4 is 14.4 Å². The predicted molar refractivity (Wildman–Crippen MR) is 195 cm³/mol. The third-order valence-corrected chi connectivity index (χ3v) is 11.1. The van der Waals surface area contributed by atoms with Crippen LogP contribution >= 0.6 is 39.1 Å². The van der Waals surface area contributed by atoms with Crippen LogP contribution in [-0.4, -0.2) is 50.9 Å². The zero-order valence-electron chi connectivity index (χ0n) is 27.1. The molecule has 4 rings (SSSR count). The molecule has 0 radical (unpaired) electrons. The largest absolute Gasteiger partial charge is 0.496 e. The van der Waals surface area contributed by atoms with Crippen molar-refractivity contribution in [3.63, 3.8) is 0 Å². The van der Waals surface area contributed by atoms with Gasteiger partial charge in [0.25, 0.3) is 10.0 Å². The van der Waals surface area contributed by atoms with Crippen LogP contribution in [0, 0.1) is 6.92 Å². The zero-order chi connectivity index (χ0) is 35.0. The van der Waals surface area contributed by atoms with Gasteiger partial charge in [-0.05, 0) is 84.2 Å². The molecule has 48 heavy (non-hydrogen) atoms. The van der Waals surface area contributed by atoms with Crippen LogP contribution in [0.15, 0.2) is 100 Å². The number of aryl methyl sites for hydroxylation is 1. The van der Waals surface area contributed by atoms with Gasteiger partial charge in [-0.1, -0.05) is 84.2 Å². The summed E-state index contributed by atoms with van der Waals surface area (Å²) < 4.78 is 35.5. The molecule has 12 heteroatoms. The number of carbonyl (C=O) groups is 2. The minimum atomic E-state index is -4.31. The number of halogens is 3. The number of ether oxygens (including phenoxy) is 1. The molecule has 0 saturated heterocycles. The molecule has 0 heterocycles. The molecule has 4 aromatic rings. The van der Waals surface area contributed by atoms with E-state index < -0.39 is 28.5 Å². The molecule has 0 aromatic heterocycles. The van der Waals surface area contributed by atoms with Crippen molar-refractivity contribution < 1.29 is 22.7 Å². The van der Waals surface area contributed by atoms with Crippen molar-refractivity contribution in [2.24, 2.45) is 0 Å². The van der Waals surface area contributed by atoms with E-state index in [2.05, 4.69) is 21.2 Å². The molecule has 0 aliphatic heterocycles. The highest BCUT2D eigenvalue weighted by Gasteiger charge is 2.35. The van der Waals surface area contributed by atoms with Gasteiger partial charge in [0.1, 0.15) is 18.3 Å². The lowest BCUT2D eigenvalue weighted by Crippen LogP contribution is -2.54. The Kier molecular flexibility index (Phi) is 13.0. The Morgan fingerprint density at radius 3 is 2.17 bits per heavy atom. The highest BCUT2D eigenvalue weighted by atomic mass is 79.9. The summed E-state index contributed by atoms with van der Waals surface area (Å²) >= 11 is 16.6. The van der Waals surface area contributed by atoms with Crippen LogP contribution in [0.3, 0.4) is 0 Å². The number of nitrogens with zero attached hydrogens (tertiary/aromatic N) is 2. The van der Waals surface area contributed by atoms with Gasteiger partial charge >= 0.3 is 0 Å². The van der Waals surface area contributed by atoms with Gasteiger partial charge in [0, 0.05) is 34.6 Å². The maximum atomic E-state index is 14.7. The van der Waals surface area contributed by atoms with Crippen LogP contribution in [-0.2, 0) is 32.6 Å². The van der Waals surface area contributed by atoms with Gasteiger partial charge in [-0.3, -0.25) is 13.9 Å². The van der Waals surface area contributed by atoms with E-state index in [0.717, 1.165) is 15.4 Å². The third kappa shape index (κ3) is 9.11. The Hall–Kier alpha value is -3.57. The van der Waals surface area contributed by atoms with Gasteiger partial charge in [-0.15, -0.1) is 0 Å². The molecular formula is C36H38BrCl2N3O5S. The molecular weight excluding hydrogens is 737 g/mol. The molecule has 0 spiro atoms. The Morgan fingerprint density at radius 2 is 1.58 bits per heavy atom. The quantitative estimate of drug-likeness (QED) is 0.141. The first-order valence-electron chi connectivity index (χ1n) is 15.3. The number of rotatable bonds is 14. The van der Waals surface area contributed by atoms with Crippen molar-refractivity contribution in [2.45, 2.75) is 57.1 Å². The molecule has 8 nitrogen and oxygen atoms in total. The Bertz CT molecular complexity index is 1820. The van der Waals surface area contributed by atoms with Crippen molar-refractivity contribution in [1.82, 2.24) is 10.2 Å². The topological polar surface area (TPSA) is 96.0 Å². The van der Waals surface area contributed by atoms with Crippen LogP contribution in [0.4, 0.5) is 5.69 Å². The van der Waals surface area contributed by atoms with Crippen molar-refractivity contribution in [1.29, 1.82) is 0 Å². The molecule has 1 N–H and O–H groups in total. The van der Waals surface area contributed by atoms with Gasteiger partial charge in [0.2, 0.25) is 11.8 Å². The summed E-state index contributed by atoms with van der Waals surface area (Å²) in [4.78, 5) is 30.0. The van der Waals surface area contributed by atoms with E-state index in [1.54, 1.807) is 42.5 Å². The minimum absolute atomic E-state index is 0.0559. The normalized spacial score (nSPS) is 12.6. The molecule has 4 aromatic carbocycles. The summed E-state index contributed by atoms with van der Waals surface area (Å²) in [6.45, 7) is 4.96. The number of benzene rings is 4. The van der Waals surface area contributed by atoms with Crippen LogP contribution in [0.2, 0.25) is 10.0 Å². The monoisotopic (exact) mass is 773 g/mol. The number of carbonyl (C=O) groups excluding carboxylic acids is 2. The number of hydrogen-bond donors (Lipinski definition) is 1. The lowest BCUT2D eigenvalue weighted by atomic mass is 10.0. The Morgan fingerprint density at radius 1 is 0.938 bits per heavy atom. The second-order valence-electron chi connectivity index (χ2n) is 11.4. The molecule has 2 amide bonds. The average molecular weight is 776 g/mol. The Balaban J connectivity index is 1.85. The standard InChI is InChI=1S/C36H38BrCl2N3O5S/c1-5-25(3)40-36(44)33(20-26-10-7-6-8-11-26)41(22-29-31(38)12-9-13-32(29)39)35(43)23-42(27-16-14-24(2)15-17-27)48(45,46)28-18-19-34(47-4)30(37)21-28/h6-19,21,25,33H,5,20,22-23H2,1-4H3,(H,40,44)/t25-,33-/m0/s1. The highest BCUT2D eigenvalue weighted by molar-refractivity contribution is 9.10. The summed E-state index contributed by atoms with van der Waals surface area (Å²) in [6.07, 6.45) is 0.838. The third-order valence-electron chi connectivity index (χ3n) is 7.97. The fourth-order valence-electron chi connectivity index (χ4n) is 5.02. The van der Waals surface area contributed by atoms with Gasteiger partial charge in [0.15, 0.2) is 0 Å². The first kappa shape index (κ1) is 37.3. The van der Waals surface area contributed by atoms with Crippen LogP contribution in [0.5, 0.6) is 5.75 Å². The maximum absolute atomic E-state index is 14.7. The van der Waals surface area contributed by atoms with E-state index in [9.17, 15) is 18.0 Å². The van der Waals surface area contributed by atoms with Gasteiger partial charge in [-0.2, -0.15) is 0 Å². The minimum Gasteiger partial charge on any atom is -0.496 e. The van der Waals surface area contributed by atoms with Gasteiger partial charge < -0.3 is 15.0 Å². The van der Waals surface area contributed by atoms with E-state index >= 15 is 0 Å². The smallest absolute Gasteiger partial charge is 0.264 e. The number of nitrogens with one attached hydrogen (secondary N) is 1. The number of hydrogen-bond acceptors (Lipinski definition) is 5. The molecule has 0 saturated carbocycles. The molecule has 0 aliphatic rings. The summed E-state index contributed by atoms with van der Waals surface area (Å²) in [5.41, 5.74) is 2.44. The summed E-state index contributed by atoms with van der Waals surface area (Å²) in [5, 5.41) is 3.64. The van der Waals surface area contributed by atoms with E-state index in [1.807, 2.05) is 51.1 Å². The number of anilines is 1. The molecule has 0 fully saturated rings. The van der Waals surface area contributed by atoms with E-state index in [4.69, 9.17) is 27.9 Å². The second-order valence-corrected chi connectivity index (χ2v) is 14.9. The molecule has 0 unspecified atom stereocenters. The number of methoxy groups -OCH3 is 1. The van der Waals surface area contributed by atoms with Gasteiger partial charge in [-0.25, -0.2) is 8.42 Å². The highest BCUT2D eigenvalue weighted by Crippen LogP contribution is 2.32. The van der Waals surface area contributed by atoms with Crippen molar-refractivity contribution in [2.75, 3.05) is 18.0 Å². The fourth-order valence-corrected chi connectivity index (χ4v) is 7.67. The molecule has 0 aliphatic carbocycles. The Labute approximate surface area is 301 Å². The number of amides is 2. The van der Waals surface area contributed by atoms with Crippen molar-refractivity contribution >= 4 is 66.7 Å². The zero-order valence-corrected chi connectivity index (χ0v) is 31.0. The fraction of sp³-hybridized carbons (Fsp3) is 0.278. The van der Waals surface area contributed by atoms with Crippen LogP contribution in [0.25, 0.3) is 0 Å². The first-order chi connectivity index (χ1) is 22.8. The summed E-state index contributed by atoms with van der Waals surface area (Å²) in [7, 11) is -2.83. The van der Waals surface area contributed by atoms with Crippen LogP contribution in [0.1, 0.15) is 37.0 Å². The van der Waals surface area contributed by atoms with E-state index in [0.29, 0.717) is 32.3 Å².